The first-order valence-electron chi connectivity index (χ1n) is 10.5. The van der Waals surface area contributed by atoms with Crippen LogP contribution in [-0.4, -0.2) is 53.9 Å². The minimum absolute atomic E-state index is 0.258. The molecule has 6 nitrogen and oxygen atoms in total. The van der Waals surface area contributed by atoms with E-state index in [1.165, 1.54) is 4.88 Å². The molecule has 1 aliphatic heterocycles. The number of fused-ring (bicyclic) bond motifs is 1. The number of ether oxygens (including phenoxy) is 1. The van der Waals surface area contributed by atoms with Gasteiger partial charge in [0.2, 0.25) is 0 Å². The third-order valence-corrected chi connectivity index (χ3v) is 7.23. The summed E-state index contributed by atoms with van der Waals surface area (Å²) in [4.78, 5) is 18.2. The van der Waals surface area contributed by atoms with Gasteiger partial charge in [-0.1, -0.05) is 12.1 Å². The van der Waals surface area contributed by atoms with Gasteiger partial charge in [-0.2, -0.15) is 0 Å². The number of anilines is 2. The van der Waals surface area contributed by atoms with Gasteiger partial charge in [-0.25, -0.2) is 4.79 Å². The van der Waals surface area contributed by atoms with Crippen molar-refractivity contribution in [2.75, 3.05) is 43.0 Å². The van der Waals surface area contributed by atoms with Crippen LogP contribution in [0.3, 0.4) is 0 Å². The standard InChI is InChI=1S/C22H27N3O3S2/c1-2-28-21(27)19-15-7-3-6-10-18(15)30-20(19)23-22(29)25-13-11-24(12-14-25)16-8-4-5-9-17(16)26/h4-5,8-9,26H,2-3,6-7,10-14H2,1H3,(H,23,29). The zero-order valence-corrected chi connectivity index (χ0v) is 18.8. The van der Waals surface area contributed by atoms with Crippen molar-refractivity contribution in [3.05, 3.63) is 40.3 Å². The number of benzene rings is 1. The molecule has 1 fully saturated rings. The fourth-order valence-electron chi connectivity index (χ4n) is 4.13. The largest absolute Gasteiger partial charge is 0.506 e. The fraction of sp³-hybridized carbons (Fsp3) is 0.455. The first-order valence-corrected chi connectivity index (χ1v) is 11.7. The highest BCUT2D eigenvalue weighted by Crippen LogP contribution is 2.39. The molecule has 0 spiro atoms. The van der Waals surface area contributed by atoms with Gasteiger partial charge in [-0.15, -0.1) is 11.3 Å². The highest BCUT2D eigenvalue weighted by atomic mass is 32.1. The minimum Gasteiger partial charge on any atom is -0.506 e. The van der Waals surface area contributed by atoms with Crippen molar-refractivity contribution in [2.45, 2.75) is 32.6 Å². The van der Waals surface area contributed by atoms with Crippen LogP contribution in [0.15, 0.2) is 24.3 Å². The number of carbonyl (C=O) groups is 1. The van der Waals surface area contributed by atoms with Crippen molar-refractivity contribution in [1.82, 2.24) is 4.90 Å². The molecule has 2 aromatic rings. The summed E-state index contributed by atoms with van der Waals surface area (Å²) < 4.78 is 5.33. The summed E-state index contributed by atoms with van der Waals surface area (Å²) in [5, 5.41) is 14.9. The topological polar surface area (TPSA) is 65.0 Å². The maximum atomic E-state index is 12.6. The Labute approximate surface area is 186 Å². The zero-order chi connectivity index (χ0) is 21.1. The summed E-state index contributed by atoms with van der Waals surface area (Å²) >= 11 is 7.33. The smallest absolute Gasteiger partial charge is 0.341 e. The van der Waals surface area contributed by atoms with E-state index in [9.17, 15) is 9.90 Å². The predicted octanol–water partition coefficient (Wildman–Crippen LogP) is 4.03. The van der Waals surface area contributed by atoms with Crippen molar-refractivity contribution >= 4 is 45.3 Å². The maximum absolute atomic E-state index is 12.6. The Balaban J connectivity index is 1.45. The lowest BCUT2D eigenvalue weighted by Gasteiger charge is -2.37. The predicted molar refractivity (Wildman–Crippen MR) is 125 cm³/mol. The van der Waals surface area contributed by atoms with E-state index in [2.05, 4.69) is 15.1 Å². The molecule has 1 saturated heterocycles. The zero-order valence-electron chi connectivity index (χ0n) is 17.1. The first-order chi connectivity index (χ1) is 14.6. The fourth-order valence-corrected chi connectivity index (χ4v) is 5.76. The van der Waals surface area contributed by atoms with Gasteiger partial charge < -0.3 is 25.0 Å². The average Bonchev–Trinajstić information content (AvgIpc) is 3.12. The SMILES string of the molecule is CCOC(=O)c1c(NC(=S)N2CCN(c3ccccc3O)CC2)sc2c1CCCC2. The summed E-state index contributed by atoms with van der Waals surface area (Å²) in [6.07, 6.45) is 4.20. The van der Waals surface area contributed by atoms with Crippen LogP contribution in [0.4, 0.5) is 10.7 Å². The van der Waals surface area contributed by atoms with Gasteiger partial charge in [0.1, 0.15) is 10.8 Å². The molecule has 1 aliphatic carbocycles. The van der Waals surface area contributed by atoms with Crippen LogP contribution < -0.4 is 10.2 Å². The second kappa shape index (κ2) is 9.22. The second-order valence-corrected chi connectivity index (χ2v) is 9.02. The Bertz CT molecular complexity index is 936. The molecular formula is C22H27N3O3S2. The van der Waals surface area contributed by atoms with Crippen molar-refractivity contribution in [3.8, 4) is 5.75 Å². The third-order valence-electron chi connectivity index (χ3n) is 5.66. The van der Waals surface area contributed by atoms with Crippen molar-refractivity contribution in [1.29, 1.82) is 0 Å². The molecule has 0 unspecified atom stereocenters. The Morgan fingerprint density at radius 1 is 1.20 bits per heavy atom. The van der Waals surface area contributed by atoms with Crippen LogP contribution in [0.5, 0.6) is 5.75 Å². The average molecular weight is 446 g/mol. The van der Waals surface area contributed by atoms with Gasteiger partial charge in [0.25, 0.3) is 0 Å². The van der Waals surface area contributed by atoms with Gasteiger partial charge in [-0.3, -0.25) is 0 Å². The first kappa shape index (κ1) is 20.9. The number of hydrogen-bond acceptors (Lipinski definition) is 6. The molecule has 2 N–H and O–H groups in total. The summed E-state index contributed by atoms with van der Waals surface area (Å²) in [6.45, 7) is 5.23. The number of aryl methyl sites for hydroxylation is 1. The van der Waals surface area contributed by atoms with Crippen molar-refractivity contribution in [2.24, 2.45) is 0 Å². The van der Waals surface area contributed by atoms with Gasteiger partial charge in [-0.05, 0) is 62.5 Å². The van der Waals surface area contributed by atoms with Crippen LogP contribution >= 0.6 is 23.6 Å². The molecule has 2 heterocycles. The number of rotatable bonds is 4. The molecule has 8 heteroatoms. The van der Waals surface area contributed by atoms with E-state index in [1.54, 1.807) is 17.4 Å². The molecule has 30 heavy (non-hydrogen) atoms. The lowest BCUT2D eigenvalue weighted by atomic mass is 9.95. The number of esters is 1. The lowest BCUT2D eigenvalue weighted by molar-refractivity contribution is 0.0526. The Hall–Kier alpha value is -2.32. The monoisotopic (exact) mass is 445 g/mol. The molecule has 0 atom stereocenters. The van der Waals surface area contributed by atoms with E-state index in [1.807, 2.05) is 25.1 Å². The molecular weight excluding hydrogens is 418 g/mol. The molecule has 4 rings (SSSR count). The molecule has 0 bridgehead atoms. The number of phenols is 1. The van der Waals surface area contributed by atoms with E-state index in [-0.39, 0.29) is 5.97 Å². The third kappa shape index (κ3) is 4.25. The maximum Gasteiger partial charge on any atom is 0.341 e. The Kier molecular flexibility index (Phi) is 6.43. The molecule has 2 aliphatic rings. The molecule has 1 aromatic carbocycles. The lowest BCUT2D eigenvalue weighted by Crippen LogP contribution is -2.50. The Morgan fingerprint density at radius 3 is 2.67 bits per heavy atom. The van der Waals surface area contributed by atoms with Crippen LogP contribution in [0.1, 0.15) is 40.6 Å². The number of hydrogen-bond donors (Lipinski definition) is 2. The number of thiocarbonyl (C=S) groups is 1. The second-order valence-electron chi connectivity index (χ2n) is 7.53. The number of carbonyl (C=O) groups excluding carboxylic acids is 1. The summed E-state index contributed by atoms with van der Waals surface area (Å²) in [5.41, 5.74) is 2.66. The molecule has 1 aromatic heterocycles. The van der Waals surface area contributed by atoms with Gasteiger partial charge in [0, 0.05) is 31.1 Å². The Morgan fingerprint density at radius 2 is 1.93 bits per heavy atom. The number of nitrogens with zero attached hydrogens (tertiary/aromatic N) is 2. The van der Waals surface area contributed by atoms with E-state index in [4.69, 9.17) is 17.0 Å². The summed E-state index contributed by atoms with van der Waals surface area (Å²) in [7, 11) is 0. The summed E-state index contributed by atoms with van der Waals surface area (Å²) in [5.74, 6) is 0.0430. The molecule has 0 amide bonds. The van der Waals surface area contributed by atoms with E-state index in [0.29, 0.717) is 23.0 Å². The van der Waals surface area contributed by atoms with E-state index >= 15 is 0 Å². The number of aromatic hydroxyl groups is 1. The van der Waals surface area contributed by atoms with Crippen LogP contribution in [0, 0.1) is 0 Å². The molecule has 0 radical (unpaired) electrons. The van der Waals surface area contributed by atoms with Gasteiger partial charge >= 0.3 is 5.97 Å². The summed E-state index contributed by atoms with van der Waals surface area (Å²) in [6, 6.07) is 7.41. The minimum atomic E-state index is -0.258. The van der Waals surface area contributed by atoms with Gasteiger partial charge in [0.15, 0.2) is 5.11 Å². The van der Waals surface area contributed by atoms with Crippen LogP contribution in [-0.2, 0) is 17.6 Å². The van der Waals surface area contributed by atoms with Crippen molar-refractivity contribution < 1.29 is 14.6 Å². The van der Waals surface area contributed by atoms with Crippen molar-refractivity contribution in [3.63, 3.8) is 0 Å². The van der Waals surface area contributed by atoms with Crippen LogP contribution in [0.2, 0.25) is 0 Å². The highest BCUT2D eigenvalue weighted by molar-refractivity contribution is 7.80. The van der Waals surface area contributed by atoms with Gasteiger partial charge in [0.05, 0.1) is 17.9 Å². The van der Waals surface area contributed by atoms with Crippen LogP contribution in [0.25, 0.3) is 0 Å². The number of piperazine rings is 1. The van der Waals surface area contributed by atoms with E-state index in [0.717, 1.165) is 68.1 Å². The number of thiophene rings is 1. The van der Waals surface area contributed by atoms with E-state index < -0.39 is 0 Å². The quantitative estimate of drug-likeness (QED) is 0.544. The number of para-hydroxylation sites is 2. The number of phenolic OH excluding ortho intramolecular Hbond substituents is 1. The normalized spacial score (nSPS) is 16.2. The number of nitrogens with one attached hydrogen (secondary N) is 1. The molecule has 160 valence electrons. The highest BCUT2D eigenvalue weighted by Gasteiger charge is 2.28. The molecule has 0 saturated carbocycles.